The number of hydrogen-bond acceptors (Lipinski definition) is 6. The summed E-state index contributed by atoms with van der Waals surface area (Å²) in [5, 5.41) is 12.6. The Labute approximate surface area is 202 Å². The van der Waals surface area contributed by atoms with Crippen LogP contribution in [0.2, 0.25) is 0 Å². The summed E-state index contributed by atoms with van der Waals surface area (Å²) < 4.78 is 0. The zero-order valence-electron chi connectivity index (χ0n) is 19.0. The van der Waals surface area contributed by atoms with Crippen LogP contribution in [0.1, 0.15) is 41.0 Å². The molecular formula is C27H25N3O3S. The second-order valence-corrected chi connectivity index (χ2v) is 8.85. The fourth-order valence-corrected chi connectivity index (χ4v) is 4.70. The Hall–Kier alpha value is -3.84. The van der Waals surface area contributed by atoms with Gasteiger partial charge < -0.3 is 15.2 Å². The number of carboxylic acids is 1. The Bertz CT molecular complexity index is 1310. The third-order valence-electron chi connectivity index (χ3n) is 5.56. The van der Waals surface area contributed by atoms with Crippen LogP contribution in [0.3, 0.4) is 0 Å². The molecule has 0 unspecified atom stereocenters. The number of carbonyl (C=O) groups is 2. The fraction of sp³-hybridized carbons (Fsp3) is 0.185. The van der Waals surface area contributed by atoms with Gasteiger partial charge in [0, 0.05) is 28.2 Å². The Balaban J connectivity index is 1.67. The van der Waals surface area contributed by atoms with Crippen molar-refractivity contribution in [3.63, 3.8) is 0 Å². The smallest absolute Gasteiger partial charge is 0.335 e. The van der Waals surface area contributed by atoms with E-state index in [9.17, 15) is 9.59 Å². The maximum absolute atomic E-state index is 11.1. The third kappa shape index (κ3) is 5.05. The Morgan fingerprint density at radius 1 is 0.941 bits per heavy atom. The minimum Gasteiger partial charge on any atom is -0.478 e. The molecule has 0 bridgehead atoms. The predicted molar refractivity (Wildman–Crippen MR) is 136 cm³/mol. The van der Waals surface area contributed by atoms with Crippen LogP contribution in [-0.2, 0) is 24.1 Å². The van der Waals surface area contributed by atoms with E-state index in [4.69, 9.17) is 15.1 Å². The zero-order chi connectivity index (χ0) is 24.1. The van der Waals surface area contributed by atoms with Gasteiger partial charge in [-0.05, 0) is 60.4 Å². The zero-order valence-corrected chi connectivity index (χ0v) is 19.9. The first-order valence-corrected chi connectivity index (χ1v) is 12.0. The summed E-state index contributed by atoms with van der Waals surface area (Å²) in [4.78, 5) is 33.6. The molecule has 34 heavy (non-hydrogen) atoms. The molecule has 0 saturated carbocycles. The number of aldehydes is 1. The van der Waals surface area contributed by atoms with E-state index in [0.29, 0.717) is 12.2 Å². The number of aryl methyl sites for hydroxylation is 1. The summed E-state index contributed by atoms with van der Waals surface area (Å²) in [6.07, 6.45) is 2.90. The lowest BCUT2D eigenvalue weighted by molar-refractivity contribution is -0.107. The van der Waals surface area contributed by atoms with Gasteiger partial charge in [-0.3, -0.25) is 0 Å². The topological polar surface area (TPSA) is 92.2 Å². The van der Waals surface area contributed by atoms with Gasteiger partial charge in [-0.1, -0.05) is 38.1 Å². The number of nitrogens with zero attached hydrogens (tertiary/aromatic N) is 2. The molecule has 2 aromatic carbocycles. The minimum atomic E-state index is -0.937. The molecule has 0 aliphatic rings. The van der Waals surface area contributed by atoms with Gasteiger partial charge >= 0.3 is 5.97 Å². The number of carboxylic acid groups (broad SMARTS) is 1. The molecule has 0 radical (unpaired) electrons. The van der Waals surface area contributed by atoms with Crippen molar-refractivity contribution in [1.82, 2.24) is 9.97 Å². The van der Waals surface area contributed by atoms with Crippen LogP contribution in [0, 0.1) is 0 Å². The van der Waals surface area contributed by atoms with Crippen LogP contribution < -0.4 is 5.32 Å². The molecule has 0 spiro atoms. The molecule has 2 heterocycles. The first kappa shape index (κ1) is 23.3. The van der Waals surface area contributed by atoms with Gasteiger partial charge in [0.05, 0.1) is 10.4 Å². The molecule has 6 nitrogen and oxygen atoms in total. The van der Waals surface area contributed by atoms with E-state index >= 15 is 0 Å². The number of rotatable bonds is 9. The van der Waals surface area contributed by atoms with Gasteiger partial charge in [-0.25, -0.2) is 14.8 Å². The molecule has 2 aromatic heterocycles. The highest BCUT2D eigenvalue weighted by Crippen LogP contribution is 2.35. The van der Waals surface area contributed by atoms with E-state index in [1.54, 1.807) is 23.5 Å². The van der Waals surface area contributed by atoms with Crippen LogP contribution in [0.5, 0.6) is 0 Å². The first-order chi connectivity index (χ1) is 16.5. The second-order valence-electron chi connectivity index (χ2n) is 7.77. The summed E-state index contributed by atoms with van der Waals surface area (Å²) in [6.45, 7) is 4.19. The number of hydrogen-bond donors (Lipinski definition) is 2. The van der Waals surface area contributed by atoms with Crippen molar-refractivity contribution < 1.29 is 14.7 Å². The molecule has 0 aliphatic heterocycles. The molecule has 172 valence electrons. The van der Waals surface area contributed by atoms with Crippen molar-refractivity contribution in [3.05, 3.63) is 83.0 Å². The van der Waals surface area contributed by atoms with Crippen molar-refractivity contribution in [3.8, 4) is 21.1 Å². The molecule has 0 amide bonds. The summed E-state index contributed by atoms with van der Waals surface area (Å²) in [5.74, 6) is 0.508. The predicted octanol–water partition coefficient (Wildman–Crippen LogP) is 6.18. The Kier molecular flexibility index (Phi) is 7.13. The van der Waals surface area contributed by atoms with Gasteiger partial charge in [-0.15, -0.1) is 11.3 Å². The number of carbonyl (C=O) groups excluding carboxylic acids is 1. The molecule has 4 rings (SSSR count). The lowest BCUT2D eigenvalue weighted by Gasteiger charge is -2.15. The summed E-state index contributed by atoms with van der Waals surface area (Å²) in [7, 11) is 0. The van der Waals surface area contributed by atoms with E-state index in [1.165, 1.54) is 0 Å². The van der Waals surface area contributed by atoms with Gasteiger partial charge in [0.1, 0.15) is 12.1 Å². The lowest BCUT2D eigenvalue weighted by Crippen LogP contribution is -2.06. The van der Waals surface area contributed by atoms with Crippen molar-refractivity contribution >= 4 is 35.1 Å². The lowest BCUT2D eigenvalue weighted by atomic mass is 10.1. The van der Waals surface area contributed by atoms with E-state index < -0.39 is 5.97 Å². The van der Waals surface area contributed by atoms with Gasteiger partial charge in [-0.2, -0.15) is 0 Å². The number of thiophene rings is 1. The maximum atomic E-state index is 11.1. The molecule has 0 fully saturated rings. The van der Waals surface area contributed by atoms with E-state index in [-0.39, 0.29) is 5.56 Å². The van der Waals surface area contributed by atoms with Crippen molar-refractivity contribution in [1.29, 1.82) is 0 Å². The molecule has 0 saturated heterocycles. The number of benzene rings is 2. The highest BCUT2D eigenvalue weighted by Gasteiger charge is 2.16. The van der Waals surface area contributed by atoms with Crippen LogP contribution in [0.15, 0.2) is 60.7 Å². The average Bonchev–Trinajstić information content (AvgIpc) is 3.35. The average molecular weight is 472 g/mol. The highest BCUT2D eigenvalue weighted by molar-refractivity contribution is 7.18. The molecule has 7 heteroatoms. The minimum absolute atomic E-state index is 0.265. The quantitative estimate of drug-likeness (QED) is 0.283. The highest BCUT2D eigenvalue weighted by atomic mass is 32.1. The van der Waals surface area contributed by atoms with Crippen molar-refractivity contribution in [2.24, 2.45) is 0 Å². The molecular weight excluding hydrogens is 446 g/mol. The van der Waals surface area contributed by atoms with Crippen molar-refractivity contribution in [2.45, 2.75) is 33.1 Å². The number of aromatic nitrogens is 2. The standard InChI is InChI=1S/C27H25N3O3S/c1-3-21-22(4-2)29-26(30-25(21)28-20-11-5-17(6-12-20)15-16-31)24-14-13-23(34-24)18-7-9-19(10-8-18)27(32)33/h5-14,16H,3-4,15H2,1-2H3,(H,32,33)(H,28,29,30). The second kappa shape index (κ2) is 10.4. The van der Waals surface area contributed by atoms with E-state index in [2.05, 4.69) is 19.2 Å². The summed E-state index contributed by atoms with van der Waals surface area (Å²) in [5.41, 5.74) is 5.19. The number of anilines is 2. The molecule has 2 N–H and O–H groups in total. The van der Waals surface area contributed by atoms with Gasteiger partial charge in [0.25, 0.3) is 0 Å². The largest absolute Gasteiger partial charge is 0.478 e. The molecule has 0 atom stereocenters. The fourth-order valence-electron chi connectivity index (χ4n) is 3.76. The first-order valence-electron chi connectivity index (χ1n) is 11.2. The Morgan fingerprint density at radius 3 is 2.26 bits per heavy atom. The number of nitrogens with one attached hydrogen (secondary N) is 1. The third-order valence-corrected chi connectivity index (χ3v) is 6.69. The summed E-state index contributed by atoms with van der Waals surface area (Å²) in [6, 6.07) is 18.7. The van der Waals surface area contributed by atoms with E-state index in [1.807, 2.05) is 48.5 Å². The van der Waals surface area contributed by atoms with Crippen molar-refractivity contribution in [2.75, 3.05) is 5.32 Å². The van der Waals surface area contributed by atoms with Crippen LogP contribution >= 0.6 is 11.3 Å². The van der Waals surface area contributed by atoms with Crippen LogP contribution in [0.4, 0.5) is 11.5 Å². The SMILES string of the molecule is CCc1nc(-c2ccc(-c3ccc(C(=O)O)cc3)s2)nc(Nc2ccc(CC=O)cc2)c1CC. The van der Waals surface area contributed by atoms with Gasteiger partial charge in [0.2, 0.25) is 0 Å². The summed E-state index contributed by atoms with van der Waals surface area (Å²) >= 11 is 1.58. The monoisotopic (exact) mass is 471 g/mol. The van der Waals surface area contributed by atoms with E-state index in [0.717, 1.165) is 62.8 Å². The molecule has 4 aromatic rings. The molecule has 0 aliphatic carbocycles. The van der Waals surface area contributed by atoms with Gasteiger partial charge in [0.15, 0.2) is 5.82 Å². The Morgan fingerprint density at radius 2 is 1.65 bits per heavy atom. The maximum Gasteiger partial charge on any atom is 0.335 e. The number of aromatic carboxylic acids is 1. The van der Waals surface area contributed by atoms with Crippen LogP contribution in [0.25, 0.3) is 21.1 Å². The van der Waals surface area contributed by atoms with Crippen LogP contribution in [-0.4, -0.2) is 27.3 Å². The normalized spacial score (nSPS) is 10.8.